The standard InChI is InChI=1S/C14H23NO4/c1-5-6-10-18-12(16)11-8-7-9-15(11)13(17)19-14(2,3)4/h5,11H,1,6-10H2,2-4H3/t11-/m0/s1. The summed E-state index contributed by atoms with van der Waals surface area (Å²) in [6.07, 6.45) is 3.28. The zero-order valence-electron chi connectivity index (χ0n) is 12.0. The maximum Gasteiger partial charge on any atom is 0.411 e. The molecule has 0 radical (unpaired) electrons. The number of ether oxygens (including phenoxy) is 2. The normalized spacial score (nSPS) is 19.1. The fourth-order valence-electron chi connectivity index (χ4n) is 1.89. The van der Waals surface area contributed by atoms with Crippen molar-refractivity contribution in [3.05, 3.63) is 12.7 Å². The van der Waals surface area contributed by atoms with E-state index in [4.69, 9.17) is 9.47 Å². The van der Waals surface area contributed by atoms with Crippen molar-refractivity contribution in [2.75, 3.05) is 13.2 Å². The molecule has 0 aromatic rings. The number of esters is 1. The average molecular weight is 269 g/mol. The van der Waals surface area contributed by atoms with Gasteiger partial charge in [0.2, 0.25) is 0 Å². The van der Waals surface area contributed by atoms with Gasteiger partial charge in [0.15, 0.2) is 0 Å². The maximum atomic E-state index is 12.0. The summed E-state index contributed by atoms with van der Waals surface area (Å²) < 4.78 is 10.4. The van der Waals surface area contributed by atoms with Gasteiger partial charge in [-0.1, -0.05) is 6.08 Å². The van der Waals surface area contributed by atoms with Gasteiger partial charge in [-0.25, -0.2) is 9.59 Å². The molecule has 0 bridgehead atoms. The van der Waals surface area contributed by atoms with Gasteiger partial charge in [0, 0.05) is 6.54 Å². The largest absolute Gasteiger partial charge is 0.464 e. The molecule has 5 heteroatoms. The van der Waals surface area contributed by atoms with Crippen LogP contribution in [0.2, 0.25) is 0 Å². The third-order valence-corrected chi connectivity index (χ3v) is 2.72. The minimum atomic E-state index is -0.559. The van der Waals surface area contributed by atoms with Crippen molar-refractivity contribution in [1.82, 2.24) is 4.90 Å². The molecule has 0 saturated carbocycles. The second kappa shape index (κ2) is 6.59. The zero-order chi connectivity index (χ0) is 14.5. The van der Waals surface area contributed by atoms with E-state index in [0.717, 1.165) is 6.42 Å². The number of hydrogen-bond acceptors (Lipinski definition) is 4. The number of carbonyl (C=O) groups excluding carboxylic acids is 2. The van der Waals surface area contributed by atoms with Crippen LogP contribution in [0.15, 0.2) is 12.7 Å². The van der Waals surface area contributed by atoms with Crippen LogP contribution < -0.4 is 0 Å². The Morgan fingerprint density at radius 1 is 1.42 bits per heavy atom. The minimum Gasteiger partial charge on any atom is -0.464 e. The molecule has 0 unspecified atom stereocenters. The molecule has 0 N–H and O–H groups in total. The molecule has 1 fully saturated rings. The van der Waals surface area contributed by atoms with Crippen molar-refractivity contribution in [2.45, 2.75) is 51.7 Å². The first-order valence-electron chi connectivity index (χ1n) is 6.62. The molecule has 0 aromatic heterocycles. The molecule has 1 aliphatic heterocycles. The SMILES string of the molecule is C=CCCOC(=O)[C@@H]1CCCN1C(=O)OC(C)(C)C. The predicted molar refractivity (Wildman–Crippen MR) is 71.7 cm³/mol. The fraction of sp³-hybridized carbons (Fsp3) is 0.714. The van der Waals surface area contributed by atoms with E-state index in [1.165, 1.54) is 4.90 Å². The third kappa shape index (κ3) is 4.93. The molecular weight excluding hydrogens is 246 g/mol. The van der Waals surface area contributed by atoms with Crippen molar-refractivity contribution in [1.29, 1.82) is 0 Å². The van der Waals surface area contributed by atoms with Crippen LogP contribution in [0, 0.1) is 0 Å². The molecule has 0 aliphatic carbocycles. The summed E-state index contributed by atoms with van der Waals surface area (Å²) in [6, 6.07) is -0.514. The second-order valence-corrected chi connectivity index (χ2v) is 5.58. The van der Waals surface area contributed by atoms with Gasteiger partial charge < -0.3 is 9.47 Å². The van der Waals surface area contributed by atoms with E-state index in [9.17, 15) is 9.59 Å². The Labute approximate surface area is 114 Å². The van der Waals surface area contributed by atoms with Crippen LogP contribution >= 0.6 is 0 Å². The van der Waals surface area contributed by atoms with E-state index < -0.39 is 17.7 Å². The molecule has 1 amide bonds. The van der Waals surface area contributed by atoms with Gasteiger partial charge in [-0.2, -0.15) is 0 Å². The van der Waals surface area contributed by atoms with E-state index >= 15 is 0 Å². The van der Waals surface area contributed by atoms with Gasteiger partial charge >= 0.3 is 12.1 Å². The molecule has 1 rings (SSSR count). The van der Waals surface area contributed by atoms with E-state index in [2.05, 4.69) is 6.58 Å². The summed E-state index contributed by atoms with van der Waals surface area (Å²) in [6.45, 7) is 9.82. The molecular formula is C14H23NO4. The molecule has 19 heavy (non-hydrogen) atoms. The van der Waals surface area contributed by atoms with E-state index in [0.29, 0.717) is 26.0 Å². The van der Waals surface area contributed by atoms with E-state index in [1.807, 2.05) is 0 Å². The Kier molecular flexibility index (Phi) is 5.39. The van der Waals surface area contributed by atoms with Crippen LogP contribution in [-0.4, -0.2) is 41.8 Å². The van der Waals surface area contributed by atoms with Gasteiger partial charge in [0.1, 0.15) is 11.6 Å². The van der Waals surface area contributed by atoms with Crippen LogP contribution in [-0.2, 0) is 14.3 Å². The zero-order valence-corrected chi connectivity index (χ0v) is 12.0. The smallest absolute Gasteiger partial charge is 0.411 e. The van der Waals surface area contributed by atoms with Gasteiger partial charge in [-0.05, 0) is 40.0 Å². The number of rotatable bonds is 4. The molecule has 1 aliphatic rings. The van der Waals surface area contributed by atoms with Crippen LogP contribution in [0.4, 0.5) is 4.79 Å². The molecule has 108 valence electrons. The minimum absolute atomic E-state index is 0.307. The molecule has 0 spiro atoms. The van der Waals surface area contributed by atoms with Crippen LogP contribution in [0.1, 0.15) is 40.0 Å². The van der Waals surface area contributed by atoms with Crippen molar-refractivity contribution in [2.24, 2.45) is 0 Å². The lowest BCUT2D eigenvalue weighted by Gasteiger charge is -2.27. The monoisotopic (exact) mass is 269 g/mol. The van der Waals surface area contributed by atoms with Crippen LogP contribution in [0.25, 0.3) is 0 Å². The highest BCUT2D eigenvalue weighted by Crippen LogP contribution is 2.21. The molecule has 1 atom stereocenters. The number of hydrogen-bond donors (Lipinski definition) is 0. The lowest BCUT2D eigenvalue weighted by Crippen LogP contribution is -2.44. The predicted octanol–water partition coefficient (Wildman–Crippen LogP) is 2.51. The Balaban J connectivity index is 2.55. The van der Waals surface area contributed by atoms with E-state index in [-0.39, 0.29) is 5.97 Å². The summed E-state index contributed by atoms with van der Waals surface area (Å²) in [5.41, 5.74) is -0.559. The molecule has 1 saturated heterocycles. The summed E-state index contributed by atoms with van der Waals surface area (Å²) in [7, 11) is 0. The van der Waals surface area contributed by atoms with Gasteiger partial charge in [-0.3, -0.25) is 4.90 Å². The number of carbonyl (C=O) groups is 2. The molecule has 5 nitrogen and oxygen atoms in total. The Morgan fingerprint density at radius 3 is 2.68 bits per heavy atom. The number of nitrogens with zero attached hydrogens (tertiary/aromatic N) is 1. The van der Waals surface area contributed by atoms with Crippen molar-refractivity contribution in [3.8, 4) is 0 Å². The lowest BCUT2D eigenvalue weighted by atomic mass is 10.2. The molecule has 0 aromatic carbocycles. The van der Waals surface area contributed by atoms with Crippen molar-refractivity contribution < 1.29 is 19.1 Å². The quantitative estimate of drug-likeness (QED) is 0.447. The Hall–Kier alpha value is -1.52. The summed E-state index contributed by atoms with van der Waals surface area (Å²) in [4.78, 5) is 25.3. The van der Waals surface area contributed by atoms with Gasteiger partial charge in [0.25, 0.3) is 0 Å². The number of likely N-dealkylation sites (tertiary alicyclic amines) is 1. The third-order valence-electron chi connectivity index (χ3n) is 2.72. The first kappa shape index (κ1) is 15.5. The highest BCUT2D eigenvalue weighted by atomic mass is 16.6. The summed E-state index contributed by atoms with van der Waals surface area (Å²) in [5, 5.41) is 0. The highest BCUT2D eigenvalue weighted by molar-refractivity contribution is 5.82. The van der Waals surface area contributed by atoms with Gasteiger partial charge in [-0.15, -0.1) is 6.58 Å². The second-order valence-electron chi connectivity index (χ2n) is 5.58. The van der Waals surface area contributed by atoms with Crippen LogP contribution in [0.5, 0.6) is 0 Å². The van der Waals surface area contributed by atoms with Gasteiger partial charge in [0.05, 0.1) is 6.61 Å². The highest BCUT2D eigenvalue weighted by Gasteiger charge is 2.37. The molecule has 1 heterocycles. The Morgan fingerprint density at radius 2 is 2.11 bits per heavy atom. The number of amides is 1. The fourth-order valence-corrected chi connectivity index (χ4v) is 1.89. The summed E-state index contributed by atoms with van der Waals surface area (Å²) in [5.74, 6) is -0.356. The average Bonchev–Trinajstić information content (AvgIpc) is 2.75. The van der Waals surface area contributed by atoms with E-state index in [1.54, 1.807) is 26.8 Å². The van der Waals surface area contributed by atoms with Crippen molar-refractivity contribution in [3.63, 3.8) is 0 Å². The Bertz CT molecular complexity index is 346. The summed E-state index contributed by atoms with van der Waals surface area (Å²) >= 11 is 0. The van der Waals surface area contributed by atoms with Crippen LogP contribution in [0.3, 0.4) is 0 Å². The van der Waals surface area contributed by atoms with Crippen molar-refractivity contribution >= 4 is 12.1 Å². The maximum absolute atomic E-state index is 12.0. The topological polar surface area (TPSA) is 55.8 Å². The first-order valence-corrected chi connectivity index (χ1v) is 6.62. The first-order chi connectivity index (χ1) is 8.85. The lowest BCUT2D eigenvalue weighted by molar-refractivity contribution is -0.148.